The second kappa shape index (κ2) is 6.58. The molecule has 0 amide bonds. The summed E-state index contributed by atoms with van der Waals surface area (Å²) in [6, 6.07) is 8.27. The number of thiazole rings is 1. The van der Waals surface area contributed by atoms with Crippen LogP contribution in [0.25, 0.3) is 11.3 Å². The molecule has 21 heavy (non-hydrogen) atoms. The molecule has 0 spiro atoms. The van der Waals surface area contributed by atoms with E-state index in [1.54, 1.807) is 6.92 Å². The van der Waals surface area contributed by atoms with Crippen LogP contribution < -0.4 is 4.72 Å². The van der Waals surface area contributed by atoms with E-state index in [-0.39, 0.29) is 5.75 Å². The summed E-state index contributed by atoms with van der Waals surface area (Å²) in [7, 11) is -3.26. The van der Waals surface area contributed by atoms with Crippen molar-refractivity contribution in [2.75, 3.05) is 10.5 Å². The Hall–Kier alpha value is -1.40. The normalized spacial score (nSPS) is 11.8. The third kappa shape index (κ3) is 4.54. The maximum Gasteiger partial charge on any atom is 0.234 e. The summed E-state index contributed by atoms with van der Waals surface area (Å²) in [5.41, 5.74) is 3.10. The van der Waals surface area contributed by atoms with Crippen molar-refractivity contribution >= 4 is 26.5 Å². The Kier molecular flexibility index (Phi) is 5.00. The van der Waals surface area contributed by atoms with E-state index in [9.17, 15) is 8.42 Å². The van der Waals surface area contributed by atoms with Gasteiger partial charge >= 0.3 is 0 Å². The Bertz CT molecular complexity index is 689. The summed E-state index contributed by atoms with van der Waals surface area (Å²) in [6.45, 7) is 5.99. The van der Waals surface area contributed by atoms with Crippen LogP contribution in [-0.2, 0) is 16.4 Å². The SMILES string of the molecule is CCS(=O)(=O)Nc1nc(-c2ccc(CC(C)C)cc2)cs1. The molecule has 2 aromatic rings. The van der Waals surface area contributed by atoms with Crippen LogP contribution in [0.4, 0.5) is 5.13 Å². The molecule has 0 saturated heterocycles. The van der Waals surface area contributed by atoms with Gasteiger partial charge in [-0.2, -0.15) is 0 Å². The first kappa shape index (κ1) is 16.0. The predicted molar refractivity (Wildman–Crippen MR) is 89.2 cm³/mol. The van der Waals surface area contributed by atoms with Crippen molar-refractivity contribution in [2.45, 2.75) is 27.2 Å². The molecule has 0 aliphatic carbocycles. The highest BCUT2D eigenvalue weighted by Gasteiger charge is 2.11. The van der Waals surface area contributed by atoms with Crippen molar-refractivity contribution in [1.29, 1.82) is 0 Å². The van der Waals surface area contributed by atoms with Gasteiger partial charge < -0.3 is 0 Å². The molecule has 114 valence electrons. The van der Waals surface area contributed by atoms with Crippen LogP contribution in [0.3, 0.4) is 0 Å². The first-order chi connectivity index (χ1) is 9.89. The zero-order valence-electron chi connectivity index (χ0n) is 12.5. The number of anilines is 1. The third-order valence-electron chi connectivity index (χ3n) is 3.02. The van der Waals surface area contributed by atoms with Crippen LogP contribution in [0.1, 0.15) is 26.3 Å². The van der Waals surface area contributed by atoms with E-state index in [1.165, 1.54) is 16.9 Å². The van der Waals surface area contributed by atoms with Crippen molar-refractivity contribution < 1.29 is 8.42 Å². The molecule has 6 heteroatoms. The fourth-order valence-electron chi connectivity index (χ4n) is 1.94. The zero-order chi connectivity index (χ0) is 15.5. The lowest BCUT2D eigenvalue weighted by Gasteiger charge is -2.05. The molecule has 0 aliphatic rings. The van der Waals surface area contributed by atoms with Gasteiger partial charge in [-0.25, -0.2) is 13.4 Å². The molecular formula is C15H20N2O2S2. The van der Waals surface area contributed by atoms with E-state index in [4.69, 9.17) is 0 Å². The van der Waals surface area contributed by atoms with Crippen molar-refractivity contribution in [2.24, 2.45) is 5.92 Å². The Morgan fingerprint density at radius 3 is 2.48 bits per heavy atom. The number of benzene rings is 1. The van der Waals surface area contributed by atoms with Gasteiger partial charge in [-0.1, -0.05) is 38.1 Å². The van der Waals surface area contributed by atoms with Gasteiger partial charge in [0.05, 0.1) is 11.4 Å². The minimum atomic E-state index is -3.26. The van der Waals surface area contributed by atoms with Gasteiger partial charge in [0.1, 0.15) is 0 Å². The maximum absolute atomic E-state index is 11.5. The second-order valence-corrected chi connectivity index (χ2v) is 8.21. The molecule has 2 rings (SSSR count). The monoisotopic (exact) mass is 324 g/mol. The van der Waals surface area contributed by atoms with Crippen LogP contribution in [0.15, 0.2) is 29.6 Å². The van der Waals surface area contributed by atoms with Crippen LogP contribution in [0.5, 0.6) is 0 Å². The minimum absolute atomic E-state index is 0.0474. The first-order valence-corrected chi connectivity index (χ1v) is 9.48. The van der Waals surface area contributed by atoms with Gasteiger partial charge in [0, 0.05) is 10.9 Å². The second-order valence-electron chi connectivity index (χ2n) is 5.34. The summed E-state index contributed by atoms with van der Waals surface area (Å²) in [6.07, 6.45) is 1.05. The van der Waals surface area contributed by atoms with E-state index in [2.05, 4.69) is 35.7 Å². The van der Waals surface area contributed by atoms with E-state index in [0.29, 0.717) is 11.0 Å². The molecule has 1 N–H and O–H groups in total. The van der Waals surface area contributed by atoms with E-state index < -0.39 is 10.0 Å². The highest BCUT2D eigenvalue weighted by Crippen LogP contribution is 2.26. The van der Waals surface area contributed by atoms with Crippen molar-refractivity contribution in [1.82, 2.24) is 4.98 Å². The Morgan fingerprint density at radius 2 is 1.90 bits per heavy atom. The Balaban J connectivity index is 2.14. The lowest BCUT2D eigenvalue weighted by molar-refractivity contribution is 0.602. The highest BCUT2D eigenvalue weighted by atomic mass is 32.2. The van der Waals surface area contributed by atoms with Crippen molar-refractivity contribution in [3.63, 3.8) is 0 Å². The summed E-state index contributed by atoms with van der Waals surface area (Å²) < 4.78 is 25.5. The van der Waals surface area contributed by atoms with Gasteiger partial charge in [-0.15, -0.1) is 11.3 Å². The number of sulfonamides is 1. The fourth-order valence-corrected chi connectivity index (χ4v) is 3.53. The molecule has 0 radical (unpaired) electrons. The highest BCUT2D eigenvalue weighted by molar-refractivity contribution is 7.92. The molecular weight excluding hydrogens is 304 g/mol. The lowest BCUT2D eigenvalue weighted by Crippen LogP contribution is -2.14. The van der Waals surface area contributed by atoms with Gasteiger partial charge in [0.15, 0.2) is 5.13 Å². The minimum Gasteiger partial charge on any atom is -0.259 e. The number of hydrogen-bond acceptors (Lipinski definition) is 4. The fraction of sp³-hybridized carbons (Fsp3) is 0.400. The van der Waals surface area contributed by atoms with Crippen molar-refractivity contribution in [3.05, 3.63) is 35.2 Å². The molecule has 0 atom stereocenters. The molecule has 1 heterocycles. The molecule has 1 aromatic heterocycles. The summed E-state index contributed by atoms with van der Waals surface area (Å²) >= 11 is 1.30. The molecule has 0 bridgehead atoms. The van der Waals surface area contributed by atoms with E-state index in [1.807, 2.05) is 17.5 Å². The summed E-state index contributed by atoms with van der Waals surface area (Å²) in [4.78, 5) is 4.33. The number of nitrogens with zero attached hydrogens (tertiary/aromatic N) is 1. The van der Waals surface area contributed by atoms with Gasteiger partial charge in [-0.3, -0.25) is 4.72 Å². The number of hydrogen-bond donors (Lipinski definition) is 1. The molecule has 1 aromatic carbocycles. The zero-order valence-corrected chi connectivity index (χ0v) is 14.1. The van der Waals surface area contributed by atoms with Crippen LogP contribution >= 0.6 is 11.3 Å². The number of aromatic nitrogens is 1. The molecule has 4 nitrogen and oxygen atoms in total. The maximum atomic E-state index is 11.5. The Morgan fingerprint density at radius 1 is 1.24 bits per heavy atom. The first-order valence-electron chi connectivity index (χ1n) is 6.95. The van der Waals surface area contributed by atoms with Crippen LogP contribution in [0, 0.1) is 5.92 Å². The number of rotatable bonds is 6. The molecule has 0 aliphatic heterocycles. The van der Waals surface area contributed by atoms with Gasteiger partial charge in [-0.05, 0) is 24.8 Å². The lowest BCUT2D eigenvalue weighted by atomic mass is 10.0. The largest absolute Gasteiger partial charge is 0.259 e. The van der Waals surface area contributed by atoms with Gasteiger partial charge in [0.2, 0.25) is 10.0 Å². The average molecular weight is 324 g/mol. The van der Waals surface area contributed by atoms with E-state index in [0.717, 1.165) is 17.7 Å². The average Bonchev–Trinajstić information content (AvgIpc) is 2.86. The summed E-state index contributed by atoms with van der Waals surface area (Å²) in [5, 5.41) is 2.28. The van der Waals surface area contributed by atoms with E-state index >= 15 is 0 Å². The molecule has 0 fully saturated rings. The van der Waals surface area contributed by atoms with Gasteiger partial charge in [0.25, 0.3) is 0 Å². The Labute approximate surface area is 130 Å². The number of nitrogens with one attached hydrogen (secondary N) is 1. The van der Waals surface area contributed by atoms with Crippen LogP contribution in [-0.4, -0.2) is 19.2 Å². The molecule has 0 unspecified atom stereocenters. The predicted octanol–water partition coefficient (Wildman–Crippen LogP) is 3.77. The molecule has 0 saturated carbocycles. The topological polar surface area (TPSA) is 59.1 Å². The van der Waals surface area contributed by atoms with Crippen LogP contribution in [0.2, 0.25) is 0 Å². The van der Waals surface area contributed by atoms with Crippen molar-refractivity contribution in [3.8, 4) is 11.3 Å². The summed E-state index contributed by atoms with van der Waals surface area (Å²) in [5.74, 6) is 0.677. The third-order valence-corrected chi connectivity index (χ3v) is 5.17. The smallest absolute Gasteiger partial charge is 0.234 e. The standard InChI is InChI=1S/C15H20N2O2S2/c1-4-21(18,19)17-15-16-14(10-20-15)13-7-5-12(6-8-13)9-11(2)3/h5-8,10-11H,4,9H2,1-3H3,(H,16,17). The quantitative estimate of drug-likeness (QED) is 0.880.